The maximum Gasteiger partial charge on any atom is 0.0690 e. The molecular weight excluding hydrogens is 516 g/mol. The highest BCUT2D eigenvalue weighted by Gasteiger charge is 2.12. The van der Waals surface area contributed by atoms with E-state index >= 15 is 0 Å². The van der Waals surface area contributed by atoms with Gasteiger partial charge in [-0.1, -0.05) is 125 Å². The Labute approximate surface area is 261 Å². The van der Waals surface area contributed by atoms with Gasteiger partial charge in [0.1, 0.15) is 0 Å². The number of nitrogens with zero attached hydrogens (tertiary/aromatic N) is 6. The molecule has 0 aliphatic rings. The monoisotopic (exact) mass is 583 g/mol. The van der Waals surface area contributed by atoms with Crippen LogP contribution < -0.4 is 0 Å². The Kier molecular flexibility index (Phi) is 27.0. The van der Waals surface area contributed by atoms with Crippen molar-refractivity contribution in [2.45, 2.75) is 160 Å². The highest BCUT2D eigenvalue weighted by molar-refractivity contribution is 5.26. The van der Waals surface area contributed by atoms with Crippen LogP contribution in [0.1, 0.15) is 194 Å². The van der Waals surface area contributed by atoms with Crippen molar-refractivity contribution in [3.8, 4) is 0 Å². The van der Waals surface area contributed by atoms with Crippen LogP contribution in [0, 0.1) is 0 Å². The standard InChI is InChI=1S/3C10H16N2.3C2H6/c1-7(2)9-5-11-12-6-10(9)8(3)4;2*1-7(2)9-5-6-11-12-10(9)8(3)4;3*1-2/h3*5-8H,1-4H3;3*1-2H3. The van der Waals surface area contributed by atoms with Crippen molar-refractivity contribution in [3.63, 3.8) is 0 Å². The van der Waals surface area contributed by atoms with Crippen LogP contribution in [0.25, 0.3) is 0 Å². The van der Waals surface area contributed by atoms with Gasteiger partial charge in [-0.15, -0.1) is 0 Å². The Balaban J connectivity index is -0.000000497. The summed E-state index contributed by atoms with van der Waals surface area (Å²) in [6.45, 7) is 38.1. The normalized spacial score (nSPS) is 10.0. The average Bonchev–Trinajstić information content (AvgIpc) is 3.00. The highest BCUT2D eigenvalue weighted by Crippen LogP contribution is 2.24. The van der Waals surface area contributed by atoms with E-state index in [2.05, 4.69) is 126 Å². The van der Waals surface area contributed by atoms with Gasteiger partial charge in [0.25, 0.3) is 0 Å². The quantitative estimate of drug-likeness (QED) is 0.288. The fraction of sp³-hybridized carbons (Fsp3) is 0.667. The van der Waals surface area contributed by atoms with Gasteiger partial charge in [0.15, 0.2) is 0 Å². The predicted molar refractivity (Wildman–Crippen MR) is 185 cm³/mol. The van der Waals surface area contributed by atoms with Crippen LogP contribution >= 0.6 is 0 Å². The lowest BCUT2D eigenvalue weighted by molar-refractivity contribution is 0.729. The Morgan fingerprint density at radius 2 is 0.619 bits per heavy atom. The van der Waals surface area contributed by atoms with E-state index in [0.717, 1.165) is 11.4 Å². The van der Waals surface area contributed by atoms with Gasteiger partial charge in [0.05, 0.1) is 23.8 Å². The number of hydrogen-bond acceptors (Lipinski definition) is 6. The van der Waals surface area contributed by atoms with Crippen LogP contribution in [0.4, 0.5) is 0 Å². The van der Waals surface area contributed by atoms with E-state index in [1.807, 2.05) is 53.9 Å². The summed E-state index contributed by atoms with van der Waals surface area (Å²) >= 11 is 0. The van der Waals surface area contributed by atoms with E-state index in [9.17, 15) is 0 Å². The van der Waals surface area contributed by atoms with Gasteiger partial charge in [0, 0.05) is 12.4 Å². The van der Waals surface area contributed by atoms with Crippen molar-refractivity contribution in [1.82, 2.24) is 30.6 Å². The molecule has 0 aliphatic heterocycles. The minimum Gasteiger partial charge on any atom is -0.159 e. The molecule has 0 saturated carbocycles. The zero-order chi connectivity index (χ0) is 33.4. The molecule has 0 amide bonds. The van der Waals surface area contributed by atoms with Gasteiger partial charge in [-0.3, -0.25) is 0 Å². The first-order chi connectivity index (χ1) is 19.9. The summed E-state index contributed by atoms with van der Waals surface area (Å²) < 4.78 is 0. The Morgan fingerprint density at radius 1 is 0.357 bits per heavy atom. The van der Waals surface area contributed by atoms with Gasteiger partial charge < -0.3 is 0 Å². The molecule has 0 radical (unpaired) electrons. The highest BCUT2D eigenvalue weighted by atomic mass is 15.1. The molecule has 6 heteroatoms. The van der Waals surface area contributed by atoms with Crippen LogP contribution in [0.5, 0.6) is 0 Å². The smallest absolute Gasteiger partial charge is 0.0690 e. The lowest BCUT2D eigenvalue weighted by Gasteiger charge is -2.13. The van der Waals surface area contributed by atoms with Gasteiger partial charge >= 0.3 is 0 Å². The molecule has 0 aromatic carbocycles. The third-order valence-corrected chi connectivity index (χ3v) is 5.94. The van der Waals surface area contributed by atoms with Crippen molar-refractivity contribution in [3.05, 3.63) is 70.6 Å². The fourth-order valence-electron chi connectivity index (χ4n) is 3.88. The third-order valence-electron chi connectivity index (χ3n) is 5.94. The molecule has 0 fully saturated rings. The van der Waals surface area contributed by atoms with E-state index in [4.69, 9.17) is 0 Å². The van der Waals surface area contributed by atoms with E-state index in [0.29, 0.717) is 35.5 Å². The summed E-state index contributed by atoms with van der Waals surface area (Å²) in [5.74, 6) is 3.10. The van der Waals surface area contributed by atoms with Crippen LogP contribution in [-0.2, 0) is 0 Å². The summed E-state index contributed by atoms with van der Waals surface area (Å²) in [6, 6.07) is 4.12. The fourth-order valence-corrected chi connectivity index (χ4v) is 3.88. The largest absolute Gasteiger partial charge is 0.159 e. The van der Waals surface area contributed by atoms with Crippen molar-refractivity contribution in [1.29, 1.82) is 0 Å². The van der Waals surface area contributed by atoms with Gasteiger partial charge in [-0.2, -0.15) is 30.6 Å². The summed E-state index contributed by atoms with van der Waals surface area (Å²) in [5.41, 5.74) is 7.54. The molecule has 0 atom stereocenters. The SMILES string of the molecule is CC.CC.CC.CC(C)c1ccnnc1C(C)C.CC(C)c1ccnnc1C(C)C.CC(C)c1cnncc1C(C)C. The lowest BCUT2D eigenvalue weighted by Crippen LogP contribution is -2.02. The first-order valence-electron chi connectivity index (χ1n) is 16.3. The maximum atomic E-state index is 4.15. The third kappa shape index (κ3) is 16.6. The molecule has 0 aliphatic carbocycles. The van der Waals surface area contributed by atoms with Crippen molar-refractivity contribution >= 4 is 0 Å². The van der Waals surface area contributed by atoms with E-state index in [-0.39, 0.29) is 0 Å². The summed E-state index contributed by atoms with van der Waals surface area (Å²) in [5, 5.41) is 23.9. The summed E-state index contributed by atoms with van der Waals surface area (Å²) in [4.78, 5) is 0. The summed E-state index contributed by atoms with van der Waals surface area (Å²) in [7, 11) is 0. The minimum absolute atomic E-state index is 0.469. The number of aromatic nitrogens is 6. The Bertz CT molecular complexity index is 814. The molecule has 0 unspecified atom stereocenters. The van der Waals surface area contributed by atoms with Crippen LogP contribution in [0.15, 0.2) is 36.9 Å². The summed E-state index contributed by atoms with van der Waals surface area (Å²) in [6.07, 6.45) is 7.28. The molecular formula is C36H66N6. The second-order valence-electron chi connectivity index (χ2n) is 11.1. The first kappa shape index (κ1) is 43.7. The van der Waals surface area contributed by atoms with Gasteiger partial charge in [-0.05, 0) is 69.9 Å². The van der Waals surface area contributed by atoms with Crippen molar-refractivity contribution < 1.29 is 0 Å². The molecule has 3 aromatic heterocycles. The zero-order valence-corrected chi connectivity index (χ0v) is 30.6. The molecule has 0 spiro atoms. The number of rotatable bonds is 6. The van der Waals surface area contributed by atoms with Crippen LogP contribution in [-0.4, -0.2) is 30.6 Å². The molecule has 0 N–H and O–H groups in total. The van der Waals surface area contributed by atoms with Crippen molar-refractivity contribution in [2.75, 3.05) is 0 Å². The molecule has 42 heavy (non-hydrogen) atoms. The van der Waals surface area contributed by atoms with E-state index in [1.165, 1.54) is 22.3 Å². The lowest BCUT2D eigenvalue weighted by atomic mass is 9.94. The van der Waals surface area contributed by atoms with Crippen LogP contribution in [0.2, 0.25) is 0 Å². The van der Waals surface area contributed by atoms with E-state index < -0.39 is 0 Å². The Hall–Kier alpha value is -2.76. The molecule has 3 rings (SSSR count). The van der Waals surface area contributed by atoms with Gasteiger partial charge in [0.2, 0.25) is 0 Å². The average molecular weight is 583 g/mol. The Morgan fingerprint density at radius 3 is 0.810 bits per heavy atom. The van der Waals surface area contributed by atoms with E-state index in [1.54, 1.807) is 12.4 Å². The molecule has 3 aromatic rings. The zero-order valence-electron chi connectivity index (χ0n) is 30.6. The molecule has 240 valence electrons. The molecule has 0 bridgehead atoms. The van der Waals surface area contributed by atoms with Crippen molar-refractivity contribution in [2.24, 2.45) is 0 Å². The van der Waals surface area contributed by atoms with Crippen LogP contribution in [0.3, 0.4) is 0 Å². The topological polar surface area (TPSA) is 77.3 Å². The molecule has 3 heterocycles. The molecule has 6 nitrogen and oxygen atoms in total. The van der Waals surface area contributed by atoms with Gasteiger partial charge in [-0.25, -0.2) is 0 Å². The number of hydrogen-bond donors (Lipinski definition) is 0. The first-order valence-corrected chi connectivity index (χ1v) is 16.3. The second kappa shape index (κ2) is 25.9. The predicted octanol–water partition coefficient (Wildman–Crippen LogP) is 11.2. The second-order valence-corrected chi connectivity index (χ2v) is 11.1. The molecule has 0 saturated heterocycles. The minimum atomic E-state index is 0.469. The maximum absolute atomic E-state index is 4.15.